The van der Waals surface area contributed by atoms with Crippen LogP contribution in [0.2, 0.25) is 0 Å². The molecule has 1 aliphatic carbocycles. The molecule has 1 aromatic heterocycles. The minimum Gasteiger partial charge on any atom is -0.379 e. The number of ether oxygens (including phenoxy) is 1. The normalized spacial score (nSPS) is 19.2. The maximum Gasteiger partial charge on any atom is 0.126 e. The van der Waals surface area contributed by atoms with E-state index in [-0.39, 0.29) is 0 Å². The molecule has 0 spiro atoms. The molecule has 1 fully saturated rings. The van der Waals surface area contributed by atoms with Crippen molar-refractivity contribution in [3.8, 4) is 11.3 Å². The minimum absolute atomic E-state index is 0.431. The number of fused-ring (bicyclic) bond motifs is 1. The summed E-state index contributed by atoms with van der Waals surface area (Å²) >= 11 is 0. The summed E-state index contributed by atoms with van der Waals surface area (Å²) in [7, 11) is 0. The Morgan fingerprint density at radius 1 is 1.04 bits per heavy atom. The van der Waals surface area contributed by atoms with E-state index in [1.54, 1.807) is 0 Å². The summed E-state index contributed by atoms with van der Waals surface area (Å²) in [5.74, 6) is 0.886. The van der Waals surface area contributed by atoms with Crippen LogP contribution >= 0.6 is 0 Å². The average Bonchev–Trinajstić information content (AvgIpc) is 3.09. The van der Waals surface area contributed by atoms with Gasteiger partial charge in [-0.05, 0) is 38.7 Å². The van der Waals surface area contributed by atoms with Gasteiger partial charge in [-0.15, -0.1) is 0 Å². The van der Waals surface area contributed by atoms with E-state index in [0.29, 0.717) is 6.04 Å². The van der Waals surface area contributed by atoms with Gasteiger partial charge in [0.25, 0.3) is 0 Å². The molecule has 0 bridgehead atoms. The van der Waals surface area contributed by atoms with Crippen molar-refractivity contribution in [3.63, 3.8) is 0 Å². The highest BCUT2D eigenvalue weighted by Gasteiger charge is 2.21. The summed E-state index contributed by atoms with van der Waals surface area (Å²) in [5.41, 5.74) is 6.33. The van der Waals surface area contributed by atoms with Crippen molar-refractivity contribution in [2.24, 2.45) is 0 Å². The lowest BCUT2D eigenvalue weighted by atomic mass is 10.0. The van der Waals surface area contributed by atoms with E-state index in [1.165, 1.54) is 28.8 Å². The number of morpholine rings is 1. The standard InChI is InChI=1S/C20H25N3O/c1-14(23-10-12-24-13-11-23)16-6-8-17(9-7-16)20-18-4-3-5-19(18)21-15(2)22-20/h6-9,14H,3-5,10-13H2,1-2H3. The van der Waals surface area contributed by atoms with Crippen LogP contribution in [-0.4, -0.2) is 41.2 Å². The molecule has 0 radical (unpaired) electrons. The molecule has 1 aromatic carbocycles. The monoisotopic (exact) mass is 323 g/mol. The Morgan fingerprint density at radius 2 is 1.79 bits per heavy atom. The first kappa shape index (κ1) is 15.7. The van der Waals surface area contributed by atoms with Crippen LogP contribution in [0.1, 0.15) is 42.0 Å². The Balaban J connectivity index is 1.60. The van der Waals surface area contributed by atoms with E-state index in [1.807, 2.05) is 6.92 Å². The highest BCUT2D eigenvalue weighted by atomic mass is 16.5. The van der Waals surface area contributed by atoms with Gasteiger partial charge in [0.15, 0.2) is 0 Å². The van der Waals surface area contributed by atoms with Crippen molar-refractivity contribution >= 4 is 0 Å². The third-order valence-corrected chi connectivity index (χ3v) is 5.30. The van der Waals surface area contributed by atoms with Crippen molar-refractivity contribution in [3.05, 3.63) is 46.9 Å². The second-order valence-corrected chi connectivity index (χ2v) is 6.84. The van der Waals surface area contributed by atoms with E-state index < -0.39 is 0 Å². The van der Waals surface area contributed by atoms with Gasteiger partial charge in [0.2, 0.25) is 0 Å². The predicted molar refractivity (Wildman–Crippen MR) is 95.0 cm³/mol. The molecule has 0 amide bonds. The largest absolute Gasteiger partial charge is 0.379 e. The smallest absolute Gasteiger partial charge is 0.126 e. The topological polar surface area (TPSA) is 38.2 Å². The molecule has 1 atom stereocenters. The van der Waals surface area contributed by atoms with Crippen molar-refractivity contribution in [1.29, 1.82) is 0 Å². The number of hydrogen-bond acceptors (Lipinski definition) is 4. The van der Waals surface area contributed by atoms with E-state index >= 15 is 0 Å². The maximum absolute atomic E-state index is 5.46. The van der Waals surface area contributed by atoms with E-state index in [9.17, 15) is 0 Å². The zero-order chi connectivity index (χ0) is 16.5. The first-order valence-corrected chi connectivity index (χ1v) is 9.01. The quantitative estimate of drug-likeness (QED) is 0.868. The molecule has 2 heterocycles. The van der Waals surface area contributed by atoms with Gasteiger partial charge < -0.3 is 4.74 Å². The lowest BCUT2D eigenvalue weighted by molar-refractivity contribution is 0.0198. The third kappa shape index (κ3) is 2.96. The molecule has 4 nitrogen and oxygen atoms in total. The Kier molecular flexibility index (Phi) is 4.33. The molecule has 126 valence electrons. The molecule has 0 saturated carbocycles. The summed E-state index contributed by atoms with van der Waals surface area (Å²) in [4.78, 5) is 11.8. The fourth-order valence-corrected chi connectivity index (χ4v) is 3.89. The maximum atomic E-state index is 5.46. The van der Waals surface area contributed by atoms with Gasteiger partial charge in [-0.25, -0.2) is 9.97 Å². The fraction of sp³-hybridized carbons (Fsp3) is 0.500. The van der Waals surface area contributed by atoms with Crippen LogP contribution in [-0.2, 0) is 17.6 Å². The minimum atomic E-state index is 0.431. The molecule has 2 aromatic rings. The molecular formula is C20H25N3O. The summed E-state index contributed by atoms with van der Waals surface area (Å²) in [5, 5.41) is 0. The van der Waals surface area contributed by atoms with E-state index in [2.05, 4.69) is 41.1 Å². The SMILES string of the molecule is Cc1nc2c(c(-c3ccc(C(C)N4CCOCC4)cc3)n1)CCC2. The molecule has 24 heavy (non-hydrogen) atoms. The zero-order valence-electron chi connectivity index (χ0n) is 14.6. The first-order valence-electron chi connectivity index (χ1n) is 9.01. The van der Waals surface area contributed by atoms with Crippen LogP contribution in [0.25, 0.3) is 11.3 Å². The number of hydrogen-bond donors (Lipinski definition) is 0. The van der Waals surface area contributed by atoms with Gasteiger partial charge in [0.1, 0.15) is 5.82 Å². The number of aryl methyl sites for hydroxylation is 2. The molecule has 1 saturated heterocycles. The van der Waals surface area contributed by atoms with Crippen LogP contribution in [0.4, 0.5) is 0 Å². The third-order valence-electron chi connectivity index (χ3n) is 5.30. The number of aromatic nitrogens is 2. The Hall–Kier alpha value is -1.78. The molecule has 1 aliphatic heterocycles. The van der Waals surface area contributed by atoms with Crippen LogP contribution in [0.15, 0.2) is 24.3 Å². The summed E-state index contributed by atoms with van der Waals surface area (Å²) in [6.07, 6.45) is 3.40. The van der Waals surface area contributed by atoms with Crippen molar-refractivity contribution in [2.75, 3.05) is 26.3 Å². The van der Waals surface area contributed by atoms with Gasteiger partial charge in [0.05, 0.1) is 18.9 Å². The predicted octanol–water partition coefficient (Wildman–Crippen LogP) is 3.33. The van der Waals surface area contributed by atoms with E-state index in [4.69, 9.17) is 9.72 Å². The van der Waals surface area contributed by atoms with Crippen LogP contribution < -0.4 is 0 Å². The lowest BCUT2D eigenvalue weighted by Gasteiger charge is -2.32. The first-order chi connectivity index (χ1) is 11.7. The highest BCUT2D eigenvalue weighted by molar-refractivity contribution is 5.65. The Bertz CT molecular complexity index is 720. The highest BCUT2D eigenvalue weighted by Crippen LogP contribution is 2.31. The van der Waals surface area contributed by atoms with Gasteiger partial charge in [0, 0.05) is 36.0 Å². The van der Waals surface area contributed by atoms with Crippen LogP contribution in [0.3, 0.4) is 0 Å². The zero-order valence-corrected chi connectivity index (χ0v) is 14.6. The molecule has 4 rings (SSSR count). The molecule has 1 unspecified atom stereocenters. The van der Waals surface area contributed by atoms with E-state index in [0.717, 1.165) is 50.7 Å². The molecule has 2 aliphatic rings. The van der Waals surface area contributed by atoms with Crippen molar-refractivity contribution in [1.82, 2.24) is 14.9 Å². The molecule has 4 heteroatoms. The number of rotatable bonds is 3. The fourth-order valence-electron chi connectivity index (χ4n) is 3.89. The summed E-state index contributed by atoms with van der Waals surface area (Å²) < 4.78 is 5.46. The van der Waals surface area contributed by atoms with Crippen LogP contribution in [0, 0.1) is 6.92 Å². The van der Waals surface area contributed by atoms with Gasteiger partial charge in [-0.2, -0.15) is 0 Å². The average molecular weight is 323 g/mol. The van der Waals surface area contributed by atoms with Gasteiger partial charge >= 0.3 is 0 Å². The number of benzene rings is 1. The summed E-state index contributed by atoms with van der Waals surface area (Å²) in [6, 6.07) is 9.41. The van der Waals surface area contributed by atoms with Crippen molar-refractivity contribution in [2.45, 2.75) is 39.2 Å². The molecule has 0 N–H and O–H groups in total. The summed E-state index contributed by atoms with van der Waals surface area (Å²) in [6.45, 7) is 8.00. The Labute approximate surface area is 143 Å². The molecular weight excluding hydrogens is 298 g/mol. The van der Waals surface area contributed by atoms with Crippen LogP contribution in [0.5, 0.6) is 0 Å². The van der Waals surface area contributed by atoms with Gasteiger partial charge in [-0.3, -0.25) is 4.90 Å². The lowest BCUT2D eigenvalue weighted by Crippen LogP contribution is -2.37. The second-order valence-electron chi connectivity index (χ2n) is 6.84. The second kappa shape index (κ2) is 6.61. The van der Waals surface area contributed by atoms with Gasteiger partial charge in [-0.1, -0.05) is 24.3 Å². The Morgan fingerprint density at radius 3 is 2.54 bits per heavy atom. The van der Waals surface area contributed by atoms with Crippen molar-refractivity contribution < 1.29 is 4.74 Å². The number of nitrogens with zero attached hydrogens (tertiary/aromatic N) is 3.